The van der Waals surface area contributed by atoms with Gasteiger partial charge in [0, 0.05) is 19.8 Å². The standard InChI is InChI=1S/C14H18ClFN2O3/c15-12-3-2-10(16)8-13(12)18-14(19)17-5-1-6-21-11-4-7-20-9-11/h2-3,8,11H,1,4-7,9H2,(H2,17,18,19). The van der Waals surface area contributed by atoms with Gasteiger partial charge < -0.3 is 20.1 Å². The molecule has 1 saturated heterocycles. The number of amides is 2. The molecule has 2 N–H and O–H groups in total. The summed E-state index contributed by atoms with van der Waals surface area (Å²) in [6.07, 6.45) is 1.79. The Hall–Kier alpha value is -1.37. The van der Waals surface area contributed by atoms with Crippen LogP contribution in [0.2, 0.25) is 5.02 Å². The van der Waals surface area contributed by atoms with Crippen molar-refractivity contribution in [2.24, 2.45) is 0 Å². The van der Waals surface area contributed by atoms with E-state index < -0.39 is 11.8 Å². The first-order valence-electron chi connectivity index (χ1n) is 6.84. The van der Waals surface area contributed by atoms with Crippen LogP contribution in [0.25, 0.3) is 0 Å². The first kappa shape index (κ1) is 16.0. The lowest BCUT2D eigenvalue weighted by molar-refractivity contribution is 0.0419. The van der Waals surface area contributed by atoms with Crippen LogP contribution >= 0.6 is 11.6 Å². The Kier molecular flexibility index (Phi) is 6.22. The number of carbonyl (C=O) groups excluding carboxylic acids is 1. The molecule has 1 aliphatic heterocycles. The smallest absolute Gasteiger partial charge is 0.319 e. The summed E-state index contributed by atoms with van der Waals surface area (Å²) in [5, 5.41) is 5.45. The molecule has 21 heavy (non-hydrogen) atoms. The van der Waals surface area contributed by atoms with Gasteiger partial charge >= 0.3 is 6.03 Å². The molecule has 0 radical (unpaired) electrons. The molecule has 1 unspecified atom stereocenters. The van der Waals surface area contributed by atoms with Crippen molar-refractivity contribution < 1.29 is 18.7 Å². The molecule has 1 aliphatic rings. The molecule has 0 bridgehead atoms. The maximum absolute atomic E-state index is 13.0. The molecular formula is C14H18ClFN2O3. The number of hydrogen-bond acceptors (Lipinski definition) is 3. The summed E-state index contributed by atoms with van der Waals surface area (Å²) in [7, 11) is 0. The summed E-state index contributed by atoms with van der Waals surface area (Å²) in [5.74, 6) is -0.457. The zero-order valence-corrected chi connectivity index (χ0v) is 12.3. The molecule has 2 amide bonds. The quantitative estimate of drug-likeness (QED) is 0.793. The first-order valence-corrected chi connectivity index (χ1v) is 7.22. The van der Waals surface area contributed by atoms with Crippen LogP contribution in [-0.2, 0) is 9.47 Å². The Balaban J connectivity index is 1.62. The maximum Gasteiger partial charge on any atom is 0.319 e. The normalized spacial score (nSPS) is 17.7. The van der Waals surface area contributed by atoms with Crippen LogP contribution in [0.4, 0.5) is 14.9 Å². The molecule has 1 aromatic rings. The predicted molar refractivity (Wildman–Crippen MR) is 78.2 cm³/mol. The summed E-state index contributed by atoms with van der Waals surface area (Å²) in [6.45, 7) is 2.42. The highest BCUT2D eigenvalue weighted by atomic mass is 35.5. The van der Waals surface area contributed by atoms with Gasteiger partial charge in [-0.1, -0.05) is 11.6 Å². The van der Waals surface area contributed by atoms with Crippen molar-refractivity contribution in [1.82, 2.24) is 5.32 Å². The average Bonchev–Trinajstić information content (AvgIpc) is 2.96. The van der Waals surface area contributed by atoms with Crippen molar-refractivity contribution in [3.8, 4) is 0 Å². The van der Waals surface area contributed by atoms with Gasteiger partial charge in [0.15, 0.2) is 0 Å². The molecule has 2 rings (SSSR count). The van der Waals surface area contributed by atoms with Crippen LogP contribution < -0.4 is 10.6 Å². The maximum atomic E-state index is 13.0. The lowest BCUT2D eigenvalue weighted by Crippen LogP contribution is -2.30. The van der Waals surface area contributed by atoms with Crippen LogP contribution in [-0.4, -0.2) is 38.5 Å². The Labute approximate surface area is 127 Å². The van der Waals surface area contributed by atoms with E-state index in [0.29, 0.717) is 26.2 Å². The van der Waals surface area contributed by atoms with Crippen LogP contribution in [0.5, 0.6) is 0 Å². The van der Waals surface area contributed by atoms with Crippen molar-refractivity contribution in [1.29, 1.82) is 0 Å². The lowest BCUT2D eigenvalue weighted by Gasteiger charge is -2.11. The minimum absolute atomic E-state index is 0.171. The number of halogens is 2. The molecule has 116 valence electrons. The number of benzene rings is 1. The van der Waals surface area contributed by atoms with Gasteiger partial charge in [-0.25, -0.2) is 9.18 Å². The molecule has 0 aromatic heterocycles. The van der Waals surface area contributed by atoms with Gasteiger partial charge in [0.05, 0.1) is 23.4 Å². The minimum atomic E-state index is -0.457. The van der Waals surface area contributed by atoms with E-state index in [1.807, 2.05) is 0 Å². The second kappa shape index (κ2) is 8.17. The third kappa shape index (κ3) is 5.49. The highest BCUT2D eigenvalue weighted by Crippen LogP contribution is 2.22. The number of hydrogen-bond donors (Lipinski definition) is 2. The third-order valence-electron chi connectivity index (χ3n) is 3.02. The van der Waals surface area contributed by atoms with Crippen molar-refractivity contribution in [3.05, 3.63) is 29.0 Å². The summed E-state index contributed by atoms with van der Waals surface area (Å²) in [4.78, 5) is 11.6. The Morgan fingerprint density at radius 3 is 3.14 bits per heavy atom. The van der Waals surface area contributed by atoms with Gasteiger partial charge in [-0.2, -0.15) is 0 Å². The highest BCUT2D eigenvalue weighted by molar-refractivity contribution is 6.33. The van der Waals surface area contributed by atoms with E-state index >= 15 is 0 Å². The number of anilines is 1. The van der Waals surface area contributed by atoms with E-state index in [2.05, 4.69) is 10.6 Å². The largest absolute Gasteiger partial charge is 0.379 e. The molecule has 1 atom stereocenters. The molecule has 0 aliphatic carbocycles. The van der Waals surface area contributed by atoms with Crippen molar-refractivity contribution in [3.63, 3.8) is 0 Å². The SMILES string of the molecule is O=C(NCCCOC1CCOC1)Nc1cc(F)ccc1Cl. The summed E-state index contributed by atoms with van der Waals surface area (Å²) in [6, 6.07) is 3.37. The van der Waals surface area contributed by atoms with Crippen molar-refractivity contribution in [2.75, 3.05) is 31.7 Å². The van der Waals surface area contributed by atoms with Gasteiger partial charge in [0.2, 0.25) is 0 Å². The summed E-state index contributed by atoms with van der Waals surface area (Å²) in [5.41, 5.74) is 0.244. The van der Waals surface area contributed by atoms with Crippen LogP contribution in [0.1, 0.15) is 12.8 Å². The molecule has 1 fully saturated rings. The fourth-order valence-corrected chi connectivity index (χ4v) is 2.09. The van der Waals surface area contributed by atoms with E-state index in [4.69, 9.17) is 21.1 Å². The summed E-state index contributed by atoms with van der Waals surface area (Å²) < 4.78 is 23.8. The molecule has 0 spiro atoms. The van der Waals surface area contributed by atoms with Crippen molar-refractivity contribution >= 4 is 23.3 Å². The molecule has 7 heteroatoms. The lowest BCUT2D eigenvalue weighted by atomic mass is 10.3. The molecule has 5 nitrogen and oxygen atoms in total. The van der Waals surface area contributed by atoms with Gasteiger partial charge in [0.25, 0.3) is 0 Å². The fraction of sp³-hybridized carbons (Fsp3) is 0.500. The van der Waals surface area contributed by atoms with E-state index in [9.17, 15) is 9.18 Å². The predicted octanol–water partition coefficient (Wildman–Crippen LogP) is 2.80. The number of urea groups is 1. The number of carbonyl (C=O) groups is 1. The number of rotatable bonds is 6. The second-order valence-electron chi connectivity index (χ2n) is 4.72. The van der Waals surface area contributed by atoms with Crippen molar-refractivity contribution in [2.45, 2.75) is 18.9 Å². The second-order valence-corrected chi connectivity index (χ2v) is 5.12. The average molecular weight is 317 g/mol. The number of ether oxygens (including phenoxy) is 2. The highest BCUT2D eigenvalue weighted by Gasteiger charge is 2.15. The van der Waals surface area contributed by atoms with Gasteiger partial charge in [-0.3, -0.25) is 0 Å². The molecular weight excluding hydrogens is 299 g/mol. The van der Waals surface area contributed by atoms with Gasteiger partial charge in [0.1, 0.15) is 5.82 Å². The van der Waals surface area contributed by atoms with Gasteiger partial charge in [-0.15, -0.1) is 0 Å². The molecule has 1 heterocycles. The Morgan fingerprint density at radius 1 is 1.52 bits per heavy atom. The fourth-order valence-electron chi connectivity index (χ4n) is 1.93. The third-order valence-corrected chi connectivity index (χ3v) is 3.35. The molecule has 0 saturated carbocycles. The zero-order valence-electron chi connectivity index (χ0n) is 11.5. The van der Waals surface area contributed by atoms with Crippen LogP contribution in [0, 0.1) is 5.82 Å². The minimum Gasteiger partial charge on any atom is -0.379 e. The van der Waals surface area contributed by atoms with E-state index in [1.54, 1.807) is 0 Å². The van der Waals surface area contributed by atoms with Crippen LogP contribution in [0.3, 0.4) is 0 Å². The molecule has 1 aromatic carbocycles. The van der Waals surface area contributed by atoms with E-state index in [0.717, 1.165) is 13.0 Å². The Morgan fingerprint density at radius 2 is 2.38 bits per heavy atom. The topological polar surface area (TPSA) is 59.6 Å². The Bertz CT molecular complexity index is 481. The van der Waals surface area contributed by atoms with Crippen LogP contribution in [0.15, 0.2) is 18.2 Å². The monoisotopic (exact) mass is 316 g/mol. The number of nitrogens with one attached hydrogen (secondary N) is 2. The van der Waals surface area contributed by atoms with Gasteiger partial charge in [-0.05, 0) is 31.0 Å². The summed E-state index contributed by atoms with van der Waals surface area (Å²) >= 11 is 5.86. The van der Waals surface area contributed by atoms with E-state index in [-0.39, 0.29) is 16.8 Å². The zero-order chi connectivity index (χ0) is 15.1. The van der Waals surface area contributed by atoms with E-state index in [1.165, 1.54) is 18.2 Å². The first-order chi connectivity index (χ1) is 10.1.